The smallest absolute Gasteiger partial charge is 0.258 e. The third kappa shape index (κ3) is 5.55. The molecule has 0 saturated heterocycles. The van der Waals surface area contributed by atoms with Crippen LogP contribution in [0.1, 0.15) is 39.9 Å². The van der Waals surface area contributed by atoms with Crippen LogP contribution >= 0.6 is 0 Å². The number of rotatable bonds is 10. The standard InChI is InChI=1S/C33H33N3O3/c1-23-10-6-13-25(20-23)22-36(29(32(38)34-2)21-24-11-4-3-5-12-24)30(37)18-9-19-35-28-17-8-15-26-14-7-16-27(31(26)28)33(35)39/h3-8,10-17,20,29H,9,18-19,21-22H2,1-2H3,(H,34,38)/t29-/m0/s1. The van der Waals surface area contributed by atoms with E-state index in [9.17, 15) is 14.4 Å². The molecule has 1 N–H and O–H groups in total. The normalized spacial score (nSPS) is 13.0. The van der Waals surface area contributed by atoms with E-state index in [4.69, 9.17) is 0 Å². The number of carbonyl (C=O) groups is 3. The van der Waals surface area contributed by atoms with Gasteiger partial charge in [0.1, 0.15) is 6.04 Å². The molecule has 6 nitrogen and oxygen atoms in total. The van der Waals surface area contributed by atoms with Crippen molar-refractivity contribution in [2.75, 3.05) is 18.5 Å². The summed E-state index contributed by atoms with van der Waals surface area (Å²) in [5, 5.41) is 4.77. The molecule has 39 heavy (non-hydrogen) atoms. The zero-order valence-corrected chi connectivity index (χ0v) is 22.4. The van der Waals surface area contributed by atoms with Crippen LogP contribution in [0, 0.1) is 6.92 Å². The minimum Gasteiger partial charge on any atom is -0.357 e. The number of nitrogens with zero attached hydrogens (tertiary/aromatic N) is 2. The molecule has 6 heteroatoms. The monoisotopic (exact) mass is 519 g/mol. The Hall–Kier alpha value is -4.45. The highest BCUT2D eigenvalue weighted by molar-refractivity contribution is 6.25. The second-order valence-corrected chi connectivity index (χ2v) is 10.1. The van der Waals surface area contributed by atoms with Gasteiger partial charge in [0, 0.05) is 43.9 Å². The van der Waals surface area contributed by atoms with Gasteiger partial charge in [0.25, 0.3) is 5.91 Å². The molecule has 4 aromatic carbocycles. The number of amides is 3. The molecule has 3 amide bonds. The predicted molar refractivity (Wildman–Crippen MR) is 155 cm³/mol. The van der Waals surface area contributed by atoms with E-state index in [1.54, 1.807) is 16.8 Å². The van der Waals surface area contributed by atoms with Crippen molar-refractivity contribution < 1.29 is 14.4 Å². The van der Waals surface area contributed by atoms with Gasteiger partial charge in [0.05, 0.1) is 5.69 Å². The first-order valence-electron chi connectivity index (χ1n) is 13.4. The molecule has 4 aromatic rings. The molecule has 1 atom stereocenters. The van der Waals surface area contributed by atoms with E-state index in [0.29, 0.717) is 31.5 Å². The maximum Gasteiger partial charge on any atom is 0.258 e. The van der Waals surface area contributed by atoms with Gasteiger partial charge in [-0.25, -0.2) is 0 Å². The SMILES string of the molecule is CNC(=O)[C@H](Cc1ccccc1)N(Cc1cccc(C)c1)C(=O)CCCN1C(=O)c2cccc3cccc1c23. The zero-order chi connectivity index (χ0) is 27.4. The number of aryl methyl sites for hydroxylation is 1. The van der Waals surface area contributed by atoms with E-state index >= 15 is 0 Å². The lowest BCUT2D eigenvalue weighted by Gasteiger charge is -2.31. The second-order valence-electron chi connectivity index (χ2n) is 10.1. The summed E-state index contributed by atoms with van der Waals surface area (Å²) in [6.07, 6.45) is 1.13. The Morgan fingerprint density at radius 1 is 0.897 bits per heavy atom. The number of nitrogens with one attached hydrogen (secondary N) is 1. The van der Waals surface area contributed by atoms with Crippen LogP contribution in [0.15, 0.2) is 91.0 Å². The summed E-state index contributed by atoms with van der Waals surface area (Å²) < 4.78 is 0. The van der Waals surface area contributed by atoms with E-state index in [1.807, 2.05) is 97.9 Å². The van der Waals surface area contributed by atoms with Crippen LogP contribution in [0.2, 0.25) is 0 Å². The highest BCUT2D eigenvalue weighted by atomic mass is 16.2. The van der Waals surface area contributed by atoms with Gasteiger partial charge < -0.3 is 15.1 Å². The fourth-order valence-electron chi connectivity index (χ4n) is 5.46. The maximum absolute atomic E-state index is 13.8. The molecule has 0 radical (unpaired) electrons. The summed E-state index contributed by atoms with van der Waals surface area (Å²) in [5.41, 5.74) is 4.66. The van der Waals surface area contributed by atoms with Crippen LogP contribution < -0.4 is 10.2 Å². The second kappa shape index (κ2) is 11.5. The van der Waals surface area contributed by atoms with Gasteiger partial charge in [-0.15, -0.1) is 0 Å². The first-order valence-corrected chi connectivity index (χ1v) is 13.4. The maximum atomic E-state index is 13.8. The summed E-state index contributed by atoms with van der Waals surface area (Å²) in [5.74, 6) is -0.335. The van der Waals surface area contributed by atoms with Crippen LogP contribution in [-0.2, 0) is 22.6 Å². The number of hydrogen-bond acceptors (Lipinski definition) is 3. The van der Waals surface area contributed by atoms with Crippen molar-refractivity contribution in [2.24, 2.45) is 0 Å². The van der Waals surface area contributed by atoms with E-state index in [2.05, 4.69) is 5.32 Å². The minimum atomic E-state index is -0.656. The van der Waals surface area contributed by atoms with Crippen LogP contribution in [0.3, 0.4) is 0 Å². The molecule has 1 aliphatic heterocycles. The fourth-order valence-corrected chi connectivity index (χ4v) is 5.46. The van der Waals surface area contributed by atoms with Gasteiger partial charge in [0.2, 0.25) is 11.8 Å². The fraction of sp³-hybridized carbons (Fsp3) is 0.242. The lowest BCUT2D eigenvalue weighted by molar-refractivity contribution is -0.141. The lowest BCUT2D eigenvalue weighted by Crippen LogP contribution is -2.49. The molecule has 1 heterocycles. The number of anilines is 1. The average Bonchev–Trinajstić information content (AvgIpc) is 3.23. The predicted octanol–water partition coefficient (Wildman–Crippen LogP) is 5.27. The Balaban J connectivity index is 1.35. The molecule has 0 aliphatic carbocycles. The molecular weight excluding hydrogens is 486 g/mol. The van der Waals surface area contributed by atoms with Gasteiger partial charge in [-0.05, 0) is 42.0 Å². The first kappa shape index (κ1) is 26.2. The first-order chi connectivity index (χ1) is 19.0. The van der Waals surface area contributed by atoms with Crippen molar-refractivity contribution in [1.29, 1.82) is 0 Å². The Morgan fingerprint density at radius 2 is 1.62 bits per heavy atom. The summed E-state index contributed by atoms with van der Waals surface area (Å²) in [6.45, 7) is 2.78. The lowest BCUT2D eigenvalue weighted by atomic mass is 10.0. The van der Waals surface area contributed by atoms with Crippen LogP contribution in [0.5, 0.6) is 0 Å². The van der Waals surface area contributed by atoms with Crippen molar-refractivity contribution in [3.05, 3.63) is 113 Å². The van der Waals surface area contributed by atoms with Crippen LogP contribution in [0.4, 0.5) is 5.69 Å². The Bertz CT molecular complexity index is 1510. The van der Waals surface area contributed by atoms with Gasteiger partial charge in [-0.2, -0.15) is 0 Å². The molecule has 0 unspecified atom stereocenters. The molecular formula is C33H33N3O3. The summed E-state index contributed by atoms with van der Waals surface area (Å²) in [7, 11) is 1.60. The van der Waals surface area contributed by atoms with Crippen LogP contribution in [0.25, 0.3) is 10.8 Å². The van der Waals surface area contributed by atoms with Crippen LogP contribution in [-0.4, -0.2) is 42.3 Å². The van der Waals surface area contributed by atoms with Gasteiger partial charge in [-0.1, -0.05) is 84.4 Å². The number of benzene rings is 4. The molecule has 0 fully saturated rings. The molecule has 5 rings (SSSR count). The number of carbonyl (C=O) groups excluding carboxylic acids is 3. The third-order valence-corrected chi connectivity index (χ3v) is 7.37. The van der Waals surface area contributed by atoms with E-state index < -0.39 is 6.04 Å². The highest BCUT2D eigenvalue weighted by Gasteiger charge is 2.31. The Kier molecular flexibility index (Phi) is 7.73. The average molecular weight is 520 g/mol. The van der Waals surface area contributed by atoms with E-state index in [0.717, 1.165) is 33.2 Å². The summed E-state index contributed by atoms with van der Waals surface area (Å²) in [4.78, 5) is 43.6. The van der Waals surface area contributed by atoms with Crippen molar-refractivity contribution in [3.8, 4) is 0 Å². The molecule has 0 spiro atoms. The summed E-state index contributed by atoms with van der Waals surface area (Å²) in [6, 6.07) is 28.8. The van der Waals surface area contributed by atoms with Crippen molar-refractivity contribution in [1.82, 2.24) is 10.2 Å². The van der Waals surface area contributed by atoms with Gasteiger partial charge >= 0.3 is 0 Å². The van der Waals surface area contributed by atoms with E-state index in [1.165, 1.54) is 0 Å². The van der Waals surface area contributed by atoms with Gasteiger partial charge in [0.15, 0.2) is 0 Å². The number of hydrogen-bond donors (Lipinski definition) is 1. The number of likely N-dealkylation sites (N-methyl/N-ethyl adjacent to an activating group) is 1. The van der Waals surface area contributed by atoms with Crippen molar-refractivity contribution in [3.63, 3.8) is 0 Å². The van der Waals surface area contributed by atoms with Crippen molar-refractivity contribution in [2.45, 2.75) is 38.8 Å². The van der Waals surface area contributed by atoms with Gasteiger partial charge in [-0.3, -0.25) is 14.4 Å². The largest absolute Gasteiger partial charge is 0.357 e. The minimum absolute atomic E-state index is 0.0295. The summed E-state index contributed by atoms with van der Waals surface area (Å²) >= 11 is 0. The molecule has 0 saturated carbocycles. The zero-order valence-electron chi connectivity index (χ0n) is 22.4. The molecule has 198 valence electrons. The Morgan fingerprint density at radius 3 is 2.36 bits per heavy atom. The molecule has 1 aliphatic rings. The molecule has 0 bridgehead atoms. The topological polar surface area (TPSA) is 69.7 Å². The molecule has 0 aromatic heterocycles. The Labute approximate surface area is 229 Å². The highest BCUT2D eigenvalue weighted by Crippen LogP contribution is 2.37. The quantitative estimate of drug-likeness (QED) is 0.310. The van der Waals surface area contributed by atoms with E-state index in [-0.39, 0.29) is 24.1 Å². The van der Waals surface area contributed by atoms with Crippen molar-refractivity contribution >= 4 is 34.2 Å². The third-order valence-electron chi connectivity index (χ3n) is 7.37.